The molecule has 0 bridgehead atoms. The maximum atomic E-state index is 10.5. The van der Waals surface area contributed by atoms with E-state index in [9.17, 15) is 9.90 Å². The third-order valence-corrected chi connectivity index (χ3v) is 1.90. The maximum Gasteiger partial charge on any atom is 1.00 e. The first-order valence-corrected chi connectivity index (χ1v) is 4.88. The van der Waals surface area contributed by atoms with Gasteiger partial charge in [0.05, 0.1) is 0 Å². The minimum absolute atomic E-state index is 0. The van der Waals surface area contributed by atoms with Gasteiger partial charge in [-0.2, -0.15) is 0 Å². The van der Waals surface area contributed by atoms with E-state index in [-0.39, 0.29) is 51.4 Å². The minimum Gasteiger partial charge on any atom is -0.550 e. The van der Waals surface area contributed by atoms with Crippen molar-refractivity contribution in [2.75, 3.05) is 0 Å². The van der Waals surface area contributed by atoms with E-state index in [1.807, 2.05) is 39.0 Å². The maximum absolute atomic E-state index is 10.5. The largest absolute Gasteiger partial charge is 1.00 e. The molecule has 0 aliphatic rings. The van der Waals surface area contributed by atoms with E-state index in [4.69, 9.17) is 0 Å². The number of carboxylic acids is 1. The Morgan fingerprint density at radius 3 is 2.27 bits per heavy atom. The Balaban J connectivity index is 0. The molecule has 1 aromatic carbocycles. The Kier molecular flexibility index (Phi) is 11.3. The van der Waals surface area contributed by atoms with Crippen molar-refractivity contribution in [2.45, 2.75) is 33.6 Å². The molecule has 1 aromatic rings. The molecule has 0 amide bonds. The van der Waals surface area contributed by atoms with Gasteiger partial charge in [-0.25, -0.2) is 0 Å². The van der Waals surface area contributed by atoms with Crippen molar-refractivity contribution in [3.63, 3.8) is 0 Å². The molecule has 0 heterocycles. The smallest absolute Gasteiger partial charge is 0.550 e. The van der Waals surface area contributed by atoms with Crippen LogP contribution in [-0.2, 0) is 4.79 Å². The summed E-state index contributed by atoms with van der Waals surface area (Å²) in [6.45, 7) is 7.57. The molecule has 0 radical (unpaired) electrons. The zero-order valence-electron chi connectivity index (χ0n) is 10.2. The van der Waals surface area contributed by atoms with E-state index in [0.717, 1.165) is 11.1 Å². The second-order valence-electron chi connectivity index (χ2n) is 2.95. The average molecular weight is 232 g/mol. The summed E-state index contributed by atoms with van der Waals surface area (Å²) in [5.41, 5.74) is 1.87. The number of hydrogen-bond acceptors (Lipinski definition) is 2. The van der Waals surface area contributed by atoms with Crippen LogP contribution in [0.5, 0.6) is 0 Å². The first-order chi connectivity index (χ1) is 6.61. The van der Waals surface area contributed by atoms with Crippen LogP contribution in [0.25, 0.3) is 0 Å². The SMILES string of the molecule is CC.Cc1cccc(C(C)C(=O)[O-])c1.[K+]. The third-order valence-electron chi connectivity index (χ3n) is 1.90. The van der Waals surface area contributed by atoms with Gasteiger partial charge < -0.3 is 9.90 Å². The number of benzene rings is 1. The monoisotopic (exact) mass is 232 g/mol. The Hall–Kier alpha value is 0.326. The van der Waals surface area contributed by atoms with Gasteiger partial charge in [-0.15, -0.1) is 0 Å². The van der Waals surface area contributed by atoms with Crippen LogP contribution in [0.1, 0.15) is 37.8 Å². The standard InChI is InChI=1S/C10H12O2.C2H6.K/c1-7-4-3-5-9(6-7)8(2)10(11)12;1-2;/h3-6,8H,1-2H3,(H,11,12);1-2H3;/q;;+1/p-1. The molecule has 15 heavy (non-hydrogen) atoms. The van der Waals surface area contributed by atoms with E-state index in [1.165, 1.54) is 0 Å². The van der Waals surface area contributed by atoms with Gasteiger partial charge in [0.1, 0.15) is 0 Å². The fraction of sp³-hybridized carbons (Fsp3) is 0.417. The molecule has 1 unspecified atom stereocenters. The summed E-state index contributed by atoms with van der Waals surface area (Å²) in [5.74, 6) is -1.55. The van der Waals surface area contributed by atoms with Crippen LogP contribution in [0, 0.1) is 6.92 Å². The molecule has 0 aliphatic heterocycles. The van der Waals surface area contributed by atoms with E-state index >= 15 is 0 Å². The number of aryl methyl sites for hydroxylation is 1. The van der Waals surface area contributed by atoms with Crippen molar-refractivity contribution in [2.24, 2.45) is 0 Å². The van der Waals surface area contributed by atoms with E-state index in [2.05, 4.69) is 0 Å². The summed E-state index contributed by atoms with van der Waals surface area (Å²) in [7, 11) is 0. The number of hydrogen-bond donors (Lipinski definition) is 0. The molecule has 0 N–H and O–H groups in total. The minimum atomic E-state index is -1.03. The van der Waals surface area contributed by atoms with Crippen LogP contribution < -0.4 is 56.5 Å². The normalized spacial score (nSPS) is 10.4. The summed E-state index contributed by atoms with van der Waals surface area (Å²) in [6.07, 6.45) is 0. The summed E-state index contributed by atoms with van der Waals surface area (Å²) < 4.78 is 0. The molecule has 1 atom stereocenters. The molecule has 0 aromatic heterocycles. The van der Waals surface area contributed by atoms with Crippen LogP contribution in [0.15, 0.2) is 24.3 Å². The molecular weight excluding hydrogens is 215 g/mol. The summed E-state index contributed by atoms with van der Waals surface area (Å²) in [6, 6.07) is 7.45. The van der Waals surface area contributed by atoms with Gasteiger partial charge in [-0.05, 0) is 12.5 Å². The van der Waals surface area contributed by atoms with Crippen molar-refractivity contribution < 1.29 is 61.3 Å². The van der Waals surface area contributed by atoms with E-state index in [0.29, 0.717) is 0 Å². The zero-order valence-corrected chi connectivity index (χ0v) is 13.3. The third kappa shape index (κ3) is 6.48. The van der Waals surface area contributed by atoms with Crippen molar-refractivity contribution in [3.8, 4) is 0 Å². The summed E-state index contributed by atoms with van der Waals surface area (Å²) in [4.78, 5) is 10.5. The second-order valence-corrected chi connectivity index (χ2v) is 2.95. The van der Waals surface area contributed by atoms with Gasteiger partial charge in [0.2, 0.25) is 0 Å². The Morgan fingerprint density at radius 2 is 1.87 bits per heavy atom. The first kappa shape index (κ1) is 17.7. The number of rotatable bonds is 2. The molecule has 0 saturated heterocycles. The molecule has 0 fully saturated rings. The molecule has 0 spiro atoms. The van der Waals surface area contributed by atoms with Gasteiger partial charge in [0, 0.05) is 11.9 Å². The van der Waals surface area contributed by atoms with Gasteiger partial charge in [0.15, 0.2) is 0 Å². The van der Waals surface area contributed by atoms with Crippen LogP contribution >= 0.6 is 0 Å². The zero-order chi connectivity index (χ0) is 11.1. The van der Waals surface area contributed by atoms with Crippen molar-refractivity contribution in [1.82, 2.24) is 0 Å². The predicted octanol–water partition coefficient (Wildman–Crippen LogP) is -1.12. The van der Waals surface area contributed by atoms with Crippen molar-refractivity contribution in [3.05, 3.63) is 35.4 Å². The van der Waals surface area contributed by atoms with Gasteiger partial charge in [-0.3, -0.25) is 0 Å². The first-order valence-electron chi connectivity index (χ1n) is 4.88. The molecule has 1 rings (SSSR count). The van der Waals surface area contributed by atoms with E-state index < -0.39 is 11.9 Å². The molecule has 0 saturated carbocycles. The number of carboxylic acid groups (broad SMARTS) is 1. The second kappa shape index (κ2) is 9.55. The van der Waals surface area contributed by atoms with Gasteiger partial charge in [-0.1, -0.05) is 50.6 Å². The molecule has 3 heteroatoms. The number of carbonyl (C=O) groups excluding carboxylic acids is 1. The topological polar surface area (TPSA) is 40.1 Å². The summed E-state index contributed by atoms with van der Waals surface area (Å²) in [5, 5.41) is 10.5. The van der Waals surface area contributed by atoms with Crippen molar-refractivity contribution in [1.29, 1.82) is 0 Å². The molecular formula is C12H17KO2. The van der Waals surface area contributed by atoms with Crippen LogP contribution in [0.4, 0.5) is 0 Å². The van der Waals surface area contributed by atoms with Gasteiger partial charge >= 0.3 is 51.4 Å². The fourth-order valence-electron chi connectivity index (χ4n) is 1.08. The van der Waals surface area contributed by atoms with Crippen LogP contribution in [-0.4, -0.2) is 5.97 Å². The van der Waals surface area contributed by atoms with Gasteiger partial charge in [0.25, 0.3) is 0 Å². The molecule has 78 valence electrons. The Bertz CT molecular complexity index is 297. The Labute approximate surface area is 135 Å². The van der Waals surface area contributed by atoms with Crippen molar-refractivity contribution >= 4 is 5.97 Å². The Morgan fingerprint density at radius 1 is 1.33 bits per heavy atom. The molecule has 0 aliphatic carbocycles. The quantitative estimate of drug-likeness (QED) is 0.606. The van der Waals surface area contributed by atoms with E-state index in [1.54, 1.807) is 13.0 Å². The fourth-order valence-corrected chi connectivity index (χ4v) is 1.08. The van der Waals surface area contributed by atoms with Crippen LogP contribution in [0.3, 0.4) is 0 Å². The predicted molar refractivity (Wildman–Crippen MR) is 55.9 cm³/mol. The number of aliphatic carboxylic acids is 1. The number of carbonyl (C=O) groups is 1. The molecule has 2 nitrogen and oxygen atoms in total. The average Bonchev–Trinajstić information content (AvgIpc) is 2.19. The van der Waals surface area contributed by atoms with Crippen LogP contribution in [0.2, 0.25) is 0 Å². The summed E-state index contributed by atoms with van der Waals surface area (Å²) >= 11 is 0.